The van der Waals surface area contributed by atoms with Gasteiger partial charge in [0, 0.05) is 18.2 Å². The van der Waals surface area contributed by atoms with Crippen molar-refractivity contribution < 1.29 is 13.7 Å². The van der Waals surface area contributed by atoms with Crippen molar-refractivity contribution in [2.45, 2.75) is 45.4 Å². The van der Waals surface area contributed by atoms with Crippen LogP contribution in [0, 0.1) is 12.7 Å². The van der Waals surface area contributed by atoms with E-state index in [9.17, 15) is 4.39 Å². The largest absolute Gasteiger partial charge is 0.377 e. The van der Waals surface area contributed by atoms with E-state index in [0.29, 0.717) is 29.4 Å². The average Bonchev–Trinajstić information content (AvgIpc) is 3.19. The molecule has 1 fully saturated rings. The number of aryl methyl sites for hydroxylation is 1. The standard InChI is InChI=1S/C16H20FN3O2/c1-10-5-6-12(8-13(10)17)16-19-15(22-20-16)9-18-11(2)14-4-3-7-21-14/h5-6,8,11,14,18H,3-4,7,9H2,1-2H3/t11-,14-/m0/s1. The van der Waals surface area contributed by atoms with E-state index in [0.717, 1.165) is 19.4 Å². The quantitative estimate of drug-likeness (QED) is 0.920. The van der Waals surface area contributed by atoms with E-state index in [2.05, 4.69) is 22.4 Å². The van der Waals surface area contributed by atoms with Crippen LogP contribution in [0.25, 0.3) is 11.4 Å². The van der Waals surface area contributed by atoms with Crippen LogP contribution in [0.1, 0.15) is 31.2 Å². The lowest BCUT2D eigenvalue weighted by Gasteiger charge is -2.18. The van der Waals surface area contributed by atoms with Crippen LogP contribution in [0.4, 0.5) is 4.39 Å². The number of aromatic nitrogens is 2. The molecule has 1 N–H and O–H groups in total. The van der Waals surface area contributed by atoms with Gasteiger partial charge in [-0.25, -0.2) is 4.39 Å². The Labute approximate surface area is 128 Å². The first-order valence-electron chi connectivity index (χ1n) is 7.57. The Morgan fingerprint density at radius 3 is 3.05 bits per heavy atom. The summed E-state index contributed by atoms with van der Waals surface area (Å²) in [5.41, 5.74) is 1.21. The van der Waals surface area contributed by atoms with Gasteiger partial charge in [0.15, 0.2) is 0 Å². The molecule has 2 aromatic rings. The summed E-state index contributed by atoms with van der Waals surface area (Å²) in [6, 6.07) is 5.15. The van der Waals surface area contributed by atoms with Crippen molar-refractivity contribution in [2.75, 3.05) is 6.61 Å². The van der Waals surface area contributed by atoms with Gasteiger partial charge in [0.25, 0.3) is 0 Å². The molecule has 3 rings (SSSR count). The lowest BCUT2D eigenvalue weighted by Crippen LogP contribution is -2.36. The molecule has 22 heavy (non-hydrogen) atoms. The highest BCUT2D eigenvalue weighted by atomic mass is 19.1. The Morgan fingerprint density at radius 2 is 2.32 bits per heavy atom. The second-order valence-corrected chi connectivity index (χ2v) is 5.70. The Bertz CT molecular complexity index is 638. The molecule has 6 heteroatoms. The van der Waals surface area contributed by atoms with E-state index >= 15 is 0 Å². The van der Waals surface area contributed by atoms with Gasteiger partial charge in [-0.15, -0.1) is 0 Å². The number of rotatable bonds is 5. The van der Waals surface area contributed by atoms with Crippen molar-refractivity contribution in [1.82, 2.24) is 15.5 Å². The average molecular weight is 305 g/mol. The second kappa shape index (κ2) is 6.54. The lowest BCUT2D eigenvalue weighted by molar-refractivity contribution is 0.0822. The third-order valence-electron chi connectivity index (χ3n) is 4.00. The molecule has 118 valence electrons. The summed E-state index contributed by atoms with van der Waals surface area (Å²) >= 11 is 0. The fourth-order valence-corrected chi connectivity index (χ4v) is 2.55. The molecule has 5 nitrogen and oxygen atoms in total. The van der Waals surface area contributed by atoms with Crippen LogP contribution >= 0.6 is 0 Å². The molecule has 0 bridgehead atoms. The van der Waals surface area contributed by atoms with Crippen LogP contribution in [0.15, 0.2) is 22.7 Å². The van der Waals surface area contributed by atoms with E-state index in [1.165, 1.54) is 6.07 Å². The minimum absolute atomic E-state index is 0.231. The molecule has 0 radical (unpaired) electrons. The smallest absolute Gasteiger partial charge is 0.240 e. The monoisotopic (exact) mass is 305 g/mol. The highest BCUT2D eigenvalue weighted by Gasteiger charge is 2.22. The first-order chi connectivity index (χ1) is 10.6. The van der Waals surface area contributed by atoms with Crippen LogP contribution in [0.2, 0.25) is 0 Å². The van der Waals surface area contributed by atoms with Crippen molar-refractivity contribution in [3.05, 3.63) is 35.5 Å². The predicted octanol–water partition coefficient (Wildman–Crippen LogP) is 2.84. The van der Waals surface area contributed by atoms with E-state index in [1.807, 2.05) is 0 Å². The summed E-state index contributed by atoms with van der Waals surface area (Å²) in [6.07, 6.45) is 2.43. The number of nitrogens with one attached hydrogen (secondary N) is 1. The summed E-state index contributed by atoms with van der Waals surface area (Å²) in [6.45, 7) is 5.11. The second-order valence-electron chi connectivity index (χ2n) is 5.70. The number of nitrogens with zero attached hydrogens (tertiary/aromatic N) is 2. The van der Waals surface area contributed by atoms with Crippen molar-refractivity contribution in [2.24, 2.45) is 0 Å². The molecule has 0 saturated carbocycles. The van der Waals surface area contributed by atoms with Crippen molar-refractivity contribution in [3.8, 4) is 11.4 Å². The first kappa shape index (κ1) is 15.1. The molecule has 1 aliphatic rings. The number of ether oxygens (including phenoxy) is 1. The summed E-state index contributed by atoms with van der Waals surface area (Å²) in [5, 5.41) is 7.24. The van der Waals surface area contributed by atoms with Crippen molar-refractivity contribution in [3.63, 3.8) is 0 Å². The minimum Gasteiger partial charge on any atom is -0.377 e. The van der Waals surface area contributed by atoms with Gasteiger partial charge in [-0.1, -0.05) is 17.3 Å². The third kappa shape index (κ3) is 3.34. The third-order valence-corrected chi connectivity index (χ3v) is 4.00. The van der Waals surface area contributed by atoms with Gasteiger partial charge >= 0.3 is 0 Å². The van der Waals surface area contributed by atoms with E-state index < -0.39 is 0 Å². The van der Waals surface area contributed by atoms with Gasteiger partial charge in [0.2, 0.25) is 11.7 Å². The molecule has 2 heterocycles. The number of benzene rings is 1. The Morgan fingerprint density at radius 1 is 1.45 bits per heavy atom. The predicted molar refractivity (Wildman–Crippen MR) is 79.7 cm³/mol. The SMILES string of the molecule is Cc1ccc(-c2noc(CN[C@@H](C)[C@@H]3CCCO3)n2)cc1F. The van der Waals surface area contributed by atoms with Gasteiger partial charge in [0.05, 0.1) is 12.6 Å². The highest BCUT2D eigenvalue weighted by molar-refractivity contribution is 5.54. The molecular weight excluding hydrogens is 285 g/mol. The van der Waals surface area contributed by atoms with Gasteiger partial charge in [-0.3, -0.25) is 0 Å². The maximum Gasteiger partial charge on any atom is 0.240 e. The Kier molecular flexibility index (Phi) is 4.49. The minimum atomic E-state index is -0.269. The van der Waals surface area contributed by atoms with E-state index in [1.54, 1.807) is 19.1 Å². The van der Waals surface area contributed by atoms with Gasteiger partial charge in [-0.05, 0) is 38.3 Å². The molecule has 1 aliphatic heterocycles. The van der Waals surface area contributed by atoms with Crippen LogP contribution < -0.4 is 5.32 Å². The Hall–Kier alpha value is -1.79. The molecule has 0 spiro atoms. The molecule has 0 aliphatic carbocycles. The summed E-state index contributed by atoms with van der Waals surface area (Å²) in [7, 11) is 0. The van der Waals surface area contributed by atoms with E-state index in [-0.39, 0.29) is 18.0 Å². The van der Waals surface area contributed by atoms with Crippen LogP contribution in [-0.4, -0.2) is 28.9 Å². The van der Waals surface area contributed by atoms with Crippen LogP contribution in [-0.2, 0) is 11.3 Å². The van der Waals surface area contributed by atoms with Gasteiger partial charge in [0.1, 0.15) is 5.82 Å². The maximum absolute atomic E-state index is 13.6. The van der Waals surface area contributed by atoms with Crippen molar-refractivity contribution >= 4 is 0 Å². The topological polar surface area (TPSA) is 60.2 Å². The van der Waals surface area contributed by atoms with Crippen LogP contribution in [0.5, 0.6) is 0 Å². The number of hydrogen-bond acceptors (Lipinski definition) is 5. The molecule has 2 atom stereocenters. The molecule has 1 saturated heterocycles. The zero-order valence-corrected chi connectivity index (χ0v) is 12.8. The zero-order valence-electron chi connectivity index (χ0n) is 12.8. The molecule has 1 aromatic carbocycles. The summed E-state index contributed by atoms with van der Waals surface area (Å²) in [5.74, 6) is 0.621. The van der Waals surface area contributed by atoms with Crippen LogP contribution in [0.3, 0.4) is 0 Å². The first-order valence-corrected chi connectivity index (χ1v) is 7.57. The fourth-order valence-electron chi connectivity index (χ4n) is 2.55. The van der Waals surface area contributed by atoms with E-state index in [4.69, 9.17) is 9.26 Å². The zero-order chi connectivity index (χ0) is 15.5. The normalized spacial score (nSPS) is 19.5. The summed E-state index contributed by atoms with van der Waals surface area (Å²) in [4.78, 5) is 4.30. The highest BCUT2D eigenvalue weighted by Crippen LogP contribution is 2.19. The number of hydrogen-bond donors (Lipinski definition) is 1. The van der Waals surface area contributed by atoms with Gasteiger partial charge in [-0.2, -0.15) is 4.98 Å². The fraction of sp³-hybridized carbons (Fsp3) is 0.500. The molecule has 1 aromatic heterocycles. The molecular formula is C16H20FN3O2. The van der Waals surface area contributed by atoms with Crippen molar-refractivity contribution in [1.29, 1.82) is 0 Å². The maximum atomic E-state index is 13.6. The summed E-state index contributed by atoms with van der Waals surface area (Å²) < 4.78 is 24.4. The van der Waals surface area contributed by atoms with Gasteiger partial charge < -0.3 is 14.6 Å². The Balaban J connectivity index is 1.62. The lowest BCUT2D eigenvalue weighted by atomic mass is 10.1. The number of halogens is 1. The molecule has 0 unspecified atom stereocenters. The molecule has 0 amide bonds.